The van der Waals surface area contributed by atoms with Gasteiger partial charge >= 0.3 is 6.09 Å². The molecular formula is C22H29N3O3S. The number of thioether (sulfide) groups is 1. The summed E-state index contributed by atoms with van der Waals surface area (Å²) in [6, 6.07) is 9.99. The number of nitrogens with one attached hydrogen (secondary N) is 1. The van der Waals surface area contributed by atoms with E-state index in [4.69, 9.17) is 14.6 Å². The molecule has 0 bridgehead atoms. The van der Waals surface area contributed by atoms with Gasteiger partial charge in [0, 0.05) is 43.8 Å². The van der Waals surface area contributed by atoms with Crippen molar-refractivity contribution in [2.75, 3.05) is 37.3 Å². The maximum Gasteiger partial charge on any atom is 0.410 e. The van der Waals surface area contributed by atoms with E-state index in [0.717, 1.165) is 24.4 Å². The Morgan fingerprint density at radius 3 is 2.83 bits per heavy atom. The molecule has 1 aromatic carbocycles. The van der Waals surface area contributed by atoms with Crippen molar-refractivity contribution in [3.05, 3.63) is 47.9 Å². The Balaban J connectivity index is 1.61. The summed E-state index contributed by atoms with van der Waals surface area (Å²) in [6.07, 6.45) is 1.84. The first-order chi connectivity index (χ1) is 13.7. The summed E-state index contributed by atoms with van der Waals surface area (Å²) < 4.78 is 10.7. The molecule has 0 radical (unpaired) electrons. The second kappa shape index (κ2) is 8.95. The SMILES string of the molecule is CN(CCN1CCSc2cc(CC(=N)c3ccco3)ccc21)C(=O)OC(C)(C)C. The molecule has 0 aliphatic carbocycles. The predicted molar refractivity (Wildman–Crippen MR) is 117 cm³/mol. The number of carbonyl (C=O) groups is 1. The van der Waals surface area contributed by atoms with E-state index < -0.39 is 5.60 Å². The first-order valence-corrected chi connectivity index (χ1v) is 10.8. The molecule has 0 saturated carbocycles. The molecule has 0 fully saturated rings. The third-order valence-electron chi connectivity index (χ3n) is 4.59. The zero-order valence-corrected chi connectivity index (χ0v) is 18.3. The van der Waals surface area contributed by atoms with Crippen molar-refractivity contribution in [1.29, 1.82) is 5.41 Å². The molecule has 0 atom stereocenters. The fourth-order valence-electron chi connectivity index (χ4n) is 3.11. The lowest BCUT2D eigenvalue weighted by Crippen LogP contribution is -2.40. The maximum absolute atomic E-state index is 12.2. The smallest absolute Gasteiger partial charge is 0.410 e. The standard InChI is InChI=1S/C22H29N3O3S/c1-22(2,3)28-21(26)24(4)9-10-25-11-13-29-20-15-16(7-8-18(20)25)14-17(23)19-6-5-12-27-19/h5-8,12,15,23H,9-11,13-14H2,1-4H3. The Hall–Kier alpha value is -2.41. The lowest BCUT2D eigenvalue weighted by atomic mass is 10.1. The van der Waals surface area contributed by atoms with Crippen LogP contribution in [0.1, 0.15) is 32.1 Å². The second-order valence-corrected chi connectivity index (χ2v) is 9.31. The van der Waals surface area contributed by atoms with Crippen LogP contribution >= 0.6 is 11.8 Å². The van der Waals surface area contributed by atoms with Crippen LogP contribution in [0.25, 0.3) is 0 Å². The highest BCUT2D eigenvalue weighted by Gasteiger charge is 2.22. The van der Waals surface area contributed by atoms with Gasteiger partial charge in [-0.2, -0.15) is 0 Å². The third-order valence-corrected chi connectivity index (χ3v) is 5.62. The van der Waals surface area contributed by atoms with Crippen molar-refractivity contribution in [2.45, 2.75) is 37.7 Å². The van der Waals surface area contributed by atoms with Crippen LogP contribution in [-0.2, 0) is 11.2 Å². The van der Waals surface area contributed by atoms with Crippen molar-refractivity contribution in [2.24, 2.45) is 0 Å². The van der Waals surface area contributed by atoms with Gasteiger partial charge in [0.25, 0.3) is 0 Å². The van der Waals surface area contributed by atoms with Crippen LogP contribution in [0.2, 0.25) is 0 Å². The number of rotatable bonds is 6. The Morgan fingerprint density at radius 1 is 1.34 bits per heavy atom. The summed E-state index contributed by atoms with van der Waals surface area (Å²) in [4.78, 5) is 17.3. The maximum atomic E-state index is 12.2. The predicted octanol–water partition coefficient (Wildman–Crippen LogP) is 4.67. The molecule has 0 saturated heterocycles. The summed E-state index contributed by atoms with van der Waals surface area (Å²) in [5.41, 5.74) is 2.28. The zero-order valence-electron chi connectivity index (χ0n) is 17.5. The molecule has 1 aliphatic heterocycles. The third kappa shape index (κ3) is 5.79. The second-order valence-electron chi connectivity index (χ2n) is 8.17. The number of carbonyl (C=O) groups excluding carboxylic acids is 1. The van der Waals surface area contributed by atoms with Gasteiger partial charge in [-0.25, -0.2) is 4.79 Å². The van der Waals surface area contributed by atoms with Gasteiger partial charge in [0.2, 0.25) is 0 Å². The van der Waals surface area contributed by atoms with Crippen molar-refractivity contribution in [3.8, 4) is 0 Å². The van der Waals surface area contributed by atoms with Gasteiger partial charge in [0.05, 0.1) is 17.7 Å². The van der Waals surface area contributed by atoms with Crippen LogP contribution in [0.3, 0.4) is 0 Å². The minimum Gasteiger partial charge on any atom is -0.463 e. The van der Waals surface area contributed by atoms with Crippen molar-refractivity contribution >= 4 is 29.3 Å². The van der Waals surface area contributed by atoms with Crippen LogP contribution in [0, 0.1) is 5.41 Å². The Kier molecular flexibility index (Phi) is 6.57. The molecule has 1 N–H and O–H groups in total. The van der Waals surface area contributed by atoms with Gasteiger partial charge in [-0.1, -0.05) is 6.07 Å². The number of hydrogen-bond donors (Lipinski definition) is 1. The molecule has 156 valence electrons. The number of hydrogen-bond acceptors (Lipinski definition) is 6. The van der Waals surface area contributed by atoms with E-state index >= 15 is 0 Å². The van der Waals surface area contributed by atoms with Crippen LogP contribution in [0.4, 0.5) is 10.5 Å². The fraction of sp³-hybridized carbons (Fsp3) is 0.455. The number of furan rings is 1. The molecule has 1 amide bonds. The average Bonchev–Trinajstić information content (AvgIpc) is 3.19. The summed E-state index contributed by atoms with van der Waals surface area (Å²) in [7, 11) is 1.77. The number of benzene rings is 1. The van der Waals surface area contributed by atoms with Crippen LogP contribution in [0.15, 0.2) is 45.9 Å². The number of fused-ring (bicyclic) bond motifs is 1. The minimum absolute atomic E-state index is 0.295. The highest BCUT2D eigenvalue weighted by Crippen LogP contribution is 2.35. The minimum atomic E-state index is -0.487. The highest BCUT2D eigenvalue weighted by molar-refractivity contribution is 7.99. The van der Waals surface area contributed by atoms with Gasteiger partial charge in [-0.3, -0.25) is 0 Å². The lowest BCUT2D eigenvalue weighted by Gasteiger charge is -2.33. The van der Waals surface area contributed by atoms with E-state index in [2.05, 4.69) is 23.1 Å². The topological polar surface area (TPSA) is 69.8 Å². The summed E-state index contributed by atoms with van der Waals surface area (Å²) in [5, 5.41) is 8.22. The van der Waals surface area contributed by atoms with Gasteiger partial charge in [0.15, 0.2) is 0 Å². The molecule has 0 unspecified atom stereocenters. The van der Waals surface area contributed by atoms with Crippen LogP contribution < -0.4 is 4.90 Å². The molecule has 6 nitrogen and oxygen atoms in total. The average molecular weight is 416 g/mol. The molecule has 1 aromatic heterocycles. The number of nitrogens with zero attached hydrogens (tertiary/aromatic N) is 2. The van der Waals surface area contributed by atoms with E-state index in [0.29, 0.717) is 24.4 Å². The largest absolute Gasteiger partial charge is 0.463 e. The molecule has 29 heavy (non-hydrogen) atoms. The quantitative estimate of drug-likeness (QED) is 0.695. The monoisotopic (exact) mass is 415 g/mol. The number of amides is 1. The number of likely N-dealkylation sites (N-methyl/N-ethyl adjacent to an activating group) is 1. The van der Waals surface area contributed by atoms with Crippen LogP contribution in [-0.4, -0.2) is 54.7 Å². The Morgan fingerprint density at radius 2 is 2.14 bits per heavy atom. The molecule has 2 aromatic rings. The first kappa shape index (κ1) is 21.3. The Labute approximate surface area is 176 Å². The fourth-order valence-corrected chi connectivity index (χ4v) is 4.22. The zero-order chi connectivity index (χ0) is 21.0. The molecule has 0 spiro atoms. The van der Waals surface area contributed by atoms with E-state index in [1.807, 2.05) is 38.6 Å². The Bertz CT molecular complexity index is 859. The van der Waals surface area contributed by atoms with E-state index in [9.17, 15) is 4.79 Å². The number of ether oxygens (including phenoxy) is 1. The van der Waals surface area contributed by atoms with E-state index in [1.54, 1.807) is 24.3 Å². The summed E-state index contributed by atoms with van der Waals surface area (Å²) in [6.45, 7) is 7.93. The molecular weight excluding hydrogens is 386 g/mol. The first-order valence-electron chi connectivity index (χ1n) is 9.79. The summed E-state index contributed by atoms with van der Waals surface area (Å²) >= 11 is 1.84. The van der Waals surface area contributed by atoms with Crippen molar-refractivity contribution in [1.82, 2.24) is 4.90 Å². The lowest BCUT2D eigenvalue weighted by molar-refractivity contribution is 0.0303. The van der Waals surface area contributed by atoms with Crippen molar-refractivity contribution in [3.63, 3.8) is 0 Å². The van der Waals surface area contributed by atoms with Gasteiger partial charge in [0.1, 0.15) is 11.4 Å². The summed E-state index contributed by atoms with van der Waals surface area (Å²) in [5.74, 6) is 1.62. The molecule has 2 heterocycles. The molecule has 7 heteroatoms. The molecule has 1 aliphatic rings. The van der Waals surface area contributed by atoms with E-state index in [1.165, 1.54) is 10.6 Å². The number of anilines is 1. The highest BCUT2D eigenvalue weighted by atomic mass is 32.2. The van der Waals surface area contributed by atoms with E-state index in [-0.39, 0.29) is 6.09 Å². The van der Waals surface area contributed by atoms with Crippen molar-refractivity contribution < 1.29 is 13.9 Å². The van der Waals surface area contributed by atoms with Gasteiger partial charge in [-0.05, 0) is 50.6 Å². The van der Waals surface area contributed by atoms with Gasteiger partial charge in [-0.15, -0.1) is 11.8 Å². The van der Waals surface area contributed by atoms with Crippen LogP contribution in [0.5, 0.6) is 0 Å². The normalized spacial score (nSPS) is 13.7. The molecule has 3 rings (SSSR count). The van der Waals surface area contributed by atoms with Gasteiger partial charge < -0.3 is 24.4 Å².